The summed E-state index contributed by atoms with van der Waals surface area (Å²) in [5.74, 6) is -0.490. The van der Waals surface area contributed by atoms with Gasteiger partial charge < -0.3 is 34.1 Å². The molecule has 0 bridgehead atoms. The van der Waals surface area contributed by atoms with Crippen LogP contribution in [0.3, 0.4) is 0 Å². The van der Waals surface area contributed by atoms with Gasteiger partial charge in [0.05, 0.1) is 38.1 Å². The number of benzene rings is 1. The number of carbonyl (C=O) groups excluding carboxylic acids is 3. The number of morpholine rings is 1. The lowest BCUT2D eigenvalue weighted by atomic mass is 9.67. The molecule has 3 aliphatic rings. The number of carbonyl (C=O) groups is 3. The zero-order valence-electron chi connectivity index (χ0n) is 23.7. The Morgan fingerprint density at radius 2 is 2.07 bits per heavy atom. The number of aromatic nitrogens is 3. The number of nitrogens with zero attached hydrogens (tertiary/aromatic N) is 4. The number of piperidine rings is 1. The number of H-pyrrole nitrogens is 1. The number of aromatic amines is 1. The minimum absolute atomic E-state index is 0.0168. The SMILES string of the molecule is COc1ccc2[nH]c3c(c2c1)CCN1C(=O)C(CC(=O)NCCCn2ccnc2)C[C@H](C(=O)N2CCOCC2)[C@@]31C. The van der Waals surface area contributed by atoms with Gasteiger partial charge in [-0.3, -0.25) is 14.4 Å². The van der Waals surface area contributed by atoms with Gasteiger partial charge in [-0.25, -0.2) is 4.98 Å². The number of imidazole rings is 1. The quantitative estimate of drug-likeness (QED) is 0.406. The molecule has 3 aliphatic heterocycles. The van der Waals surface area contributed by atoms with Gasteiger partial charge >= 0.3 is 0 Å². The van der Waals surface area contributed by atoms with Crippen molar-refractivity contribution in [1.82, 2.24) is 29.7 Å². The number of methoxy groups -OCH3 is 1. The van der Waals surface area contributed by atoms with Crippen LogP contribution >= 0.6 is 0 Å². The molecule has 5 heterocycles. The number of rotatable bonds is 8. The number of nitrogens with one attached hydrogen (secondary N) is 2. The topological polar surface area (TPSA) is 122 Å². The van der Waals surface area contributed by atoms with Gasteiger partial charge in [-0.1, -0.05) is 0 Å². The highest BCUT2D eigenvalue weighted by atomic mass is 16.5. The van der Waals surface area contributed by atoms with Crippen molar-refractivity contribution in [1.29, 1.82) is 0 Å². The zero-order valence-corrected chi connectivity index (χ0v) is 23.7. The van der Waals surface area contributed by atoms with E-state index in [0.29, 0.717) is 52.2 Å². The lowest BCUT2D eigenvalue weighted by molar-refractivity contribution is -0.166. The predicted octanol–water partition coefficient (Wildman–Crippen LogP) is 2.06. The summed E-state index contributed by atoms with van der Waals surface area (Å²) in [5, 5.41) is 4.03. The molecule has 1 unspecified atom stereocenters. The Kier molecular flexibility index (Phi) is 7.46. The summed E-state index contributed by atoms with van der Waals surface area (Å²) < 4.78 is 13.0. The Balaban J connectivity index is 1.27. The summed E-state index contributed by atoms with van der Waals surface area (Å²) in [5.41, 5.74) is 2.14. The third kappa shape index (κ3) is 4.96. The van der Waals surface area contributed by atoms with Crippen molar-refractivity contribution in [2.24, 2.45) is 11.8 Å². The van der Waals surface area contributed by atoms with Gasteiger partial charge in [-0.05, 0) is 49.9 Å². The number of hydrogen-bond donors (Lipinski definition) is 2. The van der Waals surface area contributed by atoms with E-state index in [1.54, 1.807) is 19.6 Å². The van der Waals surface area contributed by atoms with E-state index in [2.05, 4.69) is 15.3 Å². The molecule has 41 heavy (non-hydrogen) atoms. The van der Waals surface area contributed by atoms with Crippen molar-refractivity contribution in [2.45, 2.75) is 44.7 Å². The fourth-order valence-corrected chi connectivity index (χ4v) is 6.89. The normalized spacial score (nSPS) is 24.2. The highest BCUT2D eigenvalue weighted by Gasteiger charge is 2.57. The first-order valence-corrected chi connectivity index (χ1v) is 14.5. The average Bonchev–Trinajstić information content (AvgIpc) is 3.65. The molecule has 3 amide bonds. The first-order valence-electron chi connectivity index (χ1n) is 14.5. The molecular weight excluding hydrogens is 524 g/mol. The fourth-order valence-electron chi connectivity index (χ4n) is 6.89. The minimum Gasteiger partial charge on any atom is -0.497 e. The van der Waals surface area contributed by atoms with E-state index in [9.17, 15) is 14.4 Å². The second kappa shape index (κ2) is 11.2. The van der Waals surface area contributed by atoms with Gasteiger partial charge in [0, 0.05) is 74.1 Å². The van der Waals surface area contributed by atoms with Gasteiger partial charge in [-0.15, -0.1) is 0 Å². The van der Waals surface area contributed by atoms with E-state index in [1.165, 1.54) is 0 Å². The third-order valence-corrected chi connectivity index (χ3v) is 9.11. The second-order valence-corrected chi connectivity index (χ2v) is 11.4. The maximum Gasteiger partial charge on any atom is 0.228 e. The average molecular weight is 563 g/mol. The molecular formula is C30H38N6O5. The van der Waals surface area contributed by atoms with E-state index in [1.807, 2.05) is 45.7 Å². The third-order valence-electron chi connectivity index (χ3n) is 9.11. The summed E-state index contributed by atoms with van der Waals surface area (Å²) >= 11 is 0. The summed E-state index contributed by atoms with van der Waals surface area (Å²) in [6, 6.07) is 5.92. The molecule has 0 aliphatic carbocycles. The van der Waals surface area contributed by atoms with Crippen molar-refractivity contribution >= 4 is 28.6 Å². The van der Waals surface area contributed by atoms with Crippen LogP contribution in [-0.2, 0) is 37.6 Å². The molecule has 0 saturated carbocycles. The van der Waals surface area contributed by atoms with Crippen LogP contribution in [0.15, 0.2) is 36.9 Å². The Hall–Kier alpha value is -3.86. The van der Waals surface area contributed by atoms with Crippen LogP contribution in [0.25, 0.3) is 10.9 Å². The number of ether oxygens (including phenoxy) is 2. The number of fused-ring (bicyclic) bond motifs is 5. The van der Waals surface area contributed by atoms with Gasteiger partial charge in [0.1, 0.15) is 5.75 Å². The van der Waals surface area contributed by atoms with Crippen LogP contribution in [0.4, 0.5) is 0 Å². The van der Waals surface area contributed by atoms with E-state index < -0.39 is 17.4 Å². The van der Waals surface area contributed by atoms with E-state index in [0.717, 1.165) is 40.9 Å². The highest BCUT2D eigenvalue weighted by Crippen LogP contribution is 2.50. The summed E-state index contributed by atoms with van der Waals surface area (Å²) in [6.07, 6.45) is 7.18. The summed E-state index contributed by atoms with van der Waals surface area (Å²) in [6.45, 7) is 5.82. The van der Waals surface area contributed by atoms with Crippen LogP contribution in [0.2, 0.25) is 0 Å². The van der Waals surface area contributed by atoms with Crippen molar-refractivity contribution in [2.75, 3.05) is 46.5 Å². The Morgan fingerprint density at radius 3 is 2.83 bits per heavy atom. The predicted molar refractivity (Wildman–Crippen MR) is 151 cm³/mol. The van der Waals surface area contributed by atoms with Gasteiger partial charge in [0.25, 0.3) is 0 Å². The van der Waals surface area contributed by atoms with Gasteiger partial charge in [0.2, 0.25) is 17.7 Å². The van der Waals surface area contributed by atoms with Crippen LogP contribution in [0.5, 0.6) is 5.75 Å². The largest absolute Gasteiger partial charge is 0.497 e. The van der Waals surface area contributed by atoms with Gasteiger partial charge in [0.15, 0.2) is 0 Å². The molecule has 3 aromatic rings. The van der Waals surface area contributed by atoms with Crippen molar-refractivity contribution < 1.29 is 23.9 Å². The number of aryl methyl sites for hydroxylation is 1. The Bertz CT molecular complexity index is 1430. The molecule has 2 saturated heterocycles. The van der Waals surface area contributed by atoms with Crippen molar-refractivity contribution in [3.63, 3.8) is 0 Å². The van der Waals surface area contributed by atoms with E-state index in [-0.39, 0.29) is 24.1 Å². The minimum atomic E-state index is -0.857. The van der Waals surface area contributed by atoms with Crippen LogP contribution in [-0.4, -0.2) is 88.6 Å². The van der Waals surface area contributed by atoms with Gasteiger partial charge in [-0.2, -0.15) is 0 Å². The number of hydrogen-bond acceptors (Lipinski definition) is 6. The lowest BCUT2D eigenvalue weighted by Crippen LogP contribution is -2.65. The Labute approximate surface area is 239 Å². The smallest absolute Gasteiger partial charge is 0.228 e. The zero-order chi connectivity index (χ0) is 28.6. The molecule has 6 rings (SSSR count). The molecule has 2 aromatic heterocycles. The summed E-state index contributed by atoms with van der Waals surface area (Å²) in [7, 11) is 1.65. The molecule has 0 spiro atoms. The summed E-state index contributed by atoms with van der Waals surface area (Å²) in [4.78, 5) is 52.5. The molecule has 3 atom stereocenters. The van der Waals surface area contributed by atoms with Crippen molar-refractivity contribution in [3.05, 3.63) is 48.2 Å². The van der Waals surface area contributed by atoms with Crippen LogP contribution in [0.1, 0.15) is 37.4 Å². The van der Waals surface area contributed by atoms with E-state index in [4.69, 9.17) is 9.47 Å². The van der Waals surface area contributed by atoms with Crippen molar-refractivity contribution in [3.8, 4) is 5.75 Å². The van der Waals surface area contributed by atoms with E-state index >= 15 is 0 Å². The highest BCUT2D eigenvalue weighted by molar-refractivity contribution is 5.93. The maximum absolute atomic E-state index is 14.2. The fraction of sp³-hybridized carbons (Fsp3) is 0.533. The number of amides is 3. The Morgan fingerprint density at radius 1 is 1.24 bits per heavy atom. The van der Waals surface area contributed by atoms with Crippen LogP contribution < -0.4 is 10.1 Å². The second-order valence-electron chi connectivity index (χ2n) is 11.4. The molecule has 1 aromatic carbocycles. The first kappa shape index (κ1) is 27.3. The van der Waals surface area contributed by atoms with Crippen LogP contribution in [0, 0.1) is 11.8 Å². The molecule has 2 N–H and O–H groups in total. The lowest BCUT2D eigenvalue weighted by Gasteiger charge is -2.54. The maximum atomic E-state index is 14.2. The monoisotopic (exact) mass is 562 g/mol. The molecule has 0 radical (unpaired) electrons. The molecule has 2 fully saturated rings. The standard InChI is InChI=1S/C30H38N6O5/c1-30-24(29(39)35-12-14-41-15-13-35)16-20(17-26(37)32-7-3-9-34-11-8-31-19-34)28(38)36(30)10-6-22-23-18-21(40-2)4-5-25(23)33-27(22)30/h4-5,8,11,18-20,24,33H,3,6-7,9-10,12-17H2,1-2H3,(H,32,37)/t20?,24-,30+/m1/s1. The molecule has 11 nitrogen and oxygen atoms in total. The first-order chi connectivity index (χ1) is 19.9. The molecule has 11 heteroatoms. The molecule has 218 valence electrons.